The number of nitriles is 1. The smallest absolute Gasteiger partial charge is 0.252 e. The second kappa shape index (κ2) is 9.12. The summed E-state index contributed by atoms with van der Waals surface area (Å²) in [4.78, 5) is 25.6. The summed E-state index contributed by atoms with van der Waals surface area (Å²) in [5.41, 5.74) is 2.42. The van der Waals surface area contributed by atoms with Crippen molar-refractivity contribution in [1.29, 1.82) is 5.26 Å². The van der Waals surface area contributed by atoms with Crippen LogP contribution in [0.15, 0.2) is 53.7 Å². The van der Waals surface area contributed by atoms with Gasteiger partial charge in [-0.1, -0.05) is 11.6 Å². The third-order valence-electron chi connectivity index (χ3n) is 5.65. The fourth-order valence-corrected chi connectivity index (χ4v) is 4.18. The molecular formula is C25H23ClN6O2. The van der Waals surface area contributed by atoms with Crippen LogP contribution in [0.3, 0.4) is 0 Å². The van der Waals surface area contributed by atoms with Crippen LogP contribution in [0.25, 0.3) is 10.9 Å². The fourth-order valence-electron chi connectivity index (χ4n) is 3.96. The molecule has 3 heterocycles. The minimum Gasteiger partial charge on any atom is -0.495 e. The van der Waals surface area contributed by atoms with Crippen LogP contribution < -0.4 is 15.6 Å². The summed E-state index contributed by atoms with van der Waals surface area (Å²) < 4.78 is 7.23. The molecule has 0 unspecified atom stereocenters. The number of benzene rings is 1. The highest BCUT2D eigenvalue weighted by atomic mass is 35.5. The first-order chi connectivity index (χ1) is 16.2. The molecule has 0 spiro atoms. The Bertz CT molecular complexity index is 1480. The average Bonchev–Trinajstić information content (AvgIpc) is 2.82. The molecular weight excluding hydrogens is 452 g/mol. The van der Waals surface area contributed by atoms with Gasteiger partial charge in [0.25, 0.3) is 5.56 Å². The van der Waals surface area contributed by atoms with Gasteiger partial charge in [-0.25, -0.2) is 15.0 Å². The van der Waals surface area contributed by atoms with Crippen molar-refractivity contribution in [3.63, 3.8) is 0 Å². The molecule has 0 saturated carbocycles. The van der Waals surface area contributed by atoms with Gasteiger partial charge in [-0.3, -0.25) is 4.79 Å². The van der Waals surface area contributed by atoms with E-state index in [9.17, 15) is 10.1 Å². The van der Waals surface area contributed by atoms with Crippen molar-refractivity contribution in [2.24, 2.45) is 7.05 Å². The number of nitrogens with one attached hydrogen (secondary N) is 1. The molecule has 0 fully saturated rings. The molecule has 1 N–H and O–H groups in total. The van der Waals surface area contributed by atoms with Crippen LogP contribution in [0, 0.1) is 11.3 Å². The van der Waals surface area contributed by atoms with E-state index in [1.54, 1.807) is 55.5 Å². The molecule has 4 aromatic rings. The Morgan fingerprint density at radius 2 is 1.91 bits per heavy atom. The SMILES string of the molecule is COc1cc(Cc2ccnc(Cl)c2C#N)cc2c(NC(C)(C)c3ncccn3)cc(=O)n(C)c12. The summed E-state index contributed by atoms with van der Waals surface area (Å²) in [6, 6.07) is 11.1. The zero-order valence-corrected chi connectivity index (χ0v) is 20.0. The lowest BCUT2D eigenvalue weighted by atomic mass is 9.98. The Kier molecular flexibility index (Phi) is 6.22. The first kappa shape index (κ1) is 23.2. The molecule has 4 rings (SSSR count). The zero-order chi connectivity index (χ0) is 24.5. The van der Waals surface area contributed by atoms with Crippen LogP contribution in [0.2, 0.25) is 5.15 Å². The number of nitrogens with zero attached hydrogens (tertiary/aromatic N) is 5. The van der Waals surface area contributed by atoms with Gasteiger partial charge in [-0.15, -0.1) is 0 Å². The summed E-state index contributed by atoms with van der Waals surface area (Å²) in [5.74, 6) is 1.14. The molecule has 8 nitrogen and oxygen atoms in total. The minimum absolute atomic E-state index is 0.169. The van der Waals surface area contributed by atoms with E-state index in [2.05, 4.69) is 26.3 Å². The Morgan fingerprint density at radius 1 is 1.18 bits per heavy atom. The Balaban J connectivity index is 1.89. The number of pyridine rings is 2. The molecule has 3 aromatic heterocycles. The van der Waals surface area contributed by atoms with Crippen molar-refractivity contribution in [3.05, 3.63) is 86.9 Å². The van der Waals surface area contributed by atoms with Crippen molar-refractivity contribution in [3.8, 4) is 11.8 Å². The van der Waals surface area contributed by atoms with Crippen LogP contribution >= 0.6 is 11.6 Å². The molecule has 0 aliphatic carbocycles. The van der Waals surface area contributed by atoms with Crippen molar-refractivity contribution < 1.29 is 4.74 Å². The van der Waals surface area contributed by atoms with E-state index in [-0.39, 0.29) is 10.7 Å². The summed E-state index contributed by atoms with van der Waals surface area (Å²) in [5, 5.41) is 13.9. The molecule has 9 heteroatoms. The number of anilines is 1. The van der Waals surface area contributed by atoms with Gasteiger partial charge in [0.15, 0.2) is 5.82 Å². The van der Waals surface area contributed by atoms with Crippen molar-refractivity contribution in [2.45, 2.75) is 25.8 Å². The van der Waals surface area contributed by atoms with Crippen LogP contribution in [-0.4, -0.2) is 26.6 Å². The zero-order valence-electron chi connectivity index (χ0n) is 19.3. The van der Waals surface area contributed by atoms with E-state index in [1.165, 1.54) is 0 Å². The van der Waals surface area contributed by atoms with E-state index in [1.807, 2.05) is 26.0 Å². The quantitative estimate of drug-likeness (QED) is 0.417. The summed E-state index contributed by atoms with van der Waals surface area (Å²) >= 11 is 6.13. The number of hydrogen-bond acceptors (Lipinski definition) is 7. The number of rotatable bonds is 6. The topological polar surface area (TPSA) is 106 Å². The van der Waals surface area contributed by atoms with E-state index in [0.29, 0.717) is 34.8 Å². The van der Waals surface area contributed by atoms with Crippen LogP contribution in [0.4, 0.5) is 5.69 Å². The first-order valence-corrected chi connectivity index (χ1v) is 10.9. The van der Waals surface area contributed by atoms with E-state index >= 15 is 0 Å². The van der Waals surface area contributed by atoms with Gasteiger partial charge in [0.2, 0.25) is 0 Å². The first-order valence-electron chi connectivity index (χ1n) is 10.5. The average molecular weight is 475 g/mol. The molecule has 0 atom stereocenters. The molecule has 0 saturated heterocycles. The standard InChI is InChI=1S/C25H23ClN6O2/c1-25(2,24-29-7-5-8-30-24)31-19-13-21(33)32(3)22-17(19)11-15(12-20(22)34-4)10-16-6-9-28-23(26)18(16)14-27/h5-9,11-13,31H,10H2,1-4H3. The van der Waals surface area contributed by atoms with Crippen molar-refractivity contribution in [1.82, 2.24) is 19.5 Å². The molecule has 1 aromatic carbocycles. The highest BCUT2D eigenvalue weighted by Crippen LogP contribution is 2.34. The maximum atomic E-state index is 12.8. The maximum absolute atomic E-state index is 12.8. The second-order valence-corrected chi connectivity index (χ2v) is 8.75. The summed E-state index contributed by atoms with van der Waals surface area (Å²) in [7, 11) is 3.27. The Labute approximate surface area is 201 Å². The van der Waals surface area contributed by atoms with E-state index in [4.69, 9.17) is 16.3 Å². The fraction of sp³-hybridized carbons (Fsp3) is 0.240. The molecule has 0 amide bonds. The highest BCUT2D eigenvalue weighted by molar-refractivity contribution is 6.30. The van der Waals surface area contributed by atoms with Gasteiger partial charge < -0.3 is 14.6 Å². The summed E-state index contributed by atoms with van der Waals surface area (Å²) in [6.07, 6.45) is 5.38. The van der Waals surface area contributed by atoms with Gasteiger partial charge in [0.05, 0.1) is 23.7 Å². The van der Waals surface area contributed by atoms with Gasteiger partial charge in [0, 0.05) is 42.8 Å². The summed E-state index contributed by atoms with van der Waals surface area (Å²) in [6.45, 7) is 3.90. The van der Waals surface area contributed by atoms with Gasteiger partial charge in [-0.05, 0) is 55.7 Å². The predicted molar refractivity (Wildman–Crippen MR) is 131 cm³/mol. The Hall–Kier alpha value is -3.96. The number of fused-ring (bicyclic) bond motifs is 1. The van der Waals surface area contributed by atoms with Crippen molar-refractivity contribution in [2.75, 3.05) is 12.4 Å². The largest absolute Gasteiger partial charge is 0.495 e. The van der Waals surface area contributed by atoms with Crippen LogP contribution in [0.5, 0.6) is 5.75 Å². The maximum Gasteiger partial charge on any atom is 0.252 e. The third-order valence-corrected chi connectivity index (χ3v) is 5.93. The van der Waals surface area contributed by atoms with Crippen LogP contribution in [-0.2, 0) is 19.0 Å². The lowest BCUT2D eigenvalue weighted by molar-refractivity contribution is 0.417. The molecule has 172 valence electrons. The molecule has 0 radical (unpaired) electrons. The number of methoxy groups -OCH3 is 1. The van der Waals surface area contributed by atoms with Crippen LogP contribution in [0.1, 0.15) is 36.4 Å². The van der Waals surface area contributed by atoms with Gasteiger partial charge in [-0.2, -0.15) is 5.26 Å². The molecule has 34 heavy (non-hydrogen) atoms. The molecule has 0 bridgehead atoms. The number of aryl methyl sites for hydroxylation is 1. The lowest BCUT2D eigenvalue weighted by Crippen LogP contribution is -2.31. The number of hydrogen-bond donors (Lipinski definition) is 1. The van der Waals surface area contributed by atoms with Crippen molar-refractivity contribution >= 4 is 28.2 Å². The predicted octanol–water partition coefficient (Wildman–Crippen LogP) is 4.20. The number of ether oxygens (including phenoxy) is 1. The highest BCUT2D eigenvalue weighted by Gasteiger charge is 2.25. The van der Waals surface area contributed by atoms with Gasteiger partial charge >= 0.3 is 0 Å². The normalized spacial score (nSPS) is 11.3. The van der Waals surface area contributed by atoms with E-state index in [0.717, 1.165) is 16.5 Å². The lowest BCUT2D eigenvalue weighted by Gasteiger charge is -2.27. The van der Waals surface area contributed by atoms with E-state index < -0.39 is 5.54 Å². The monoisotopic (exact) mass is 474 g/mol. The molecule has 0 aliphatic heterocycles. The third kappa shape index (κ3) is 4.30. The Morgan fingerprint density at radius 3 is 2.59 bits per heavy atom. The second-order valence-electron chi connectivity index (χ2n) is 8.40. The molecule has 0 aliphatic rings. The van der Waals surface area contributed by atoms with Gasteiger partial charge in [0.1, 0.15) is 17.0 Å². The minimum atomic E-state index is -0.656. The number of halogens is 1. The number of aromatic nitrogens is 4.